The molecule has 0 bridgehead atoms. The van der Waals surface area contributed by atoms with Crippen LogP contribution in [0.5, 0.6) is 0 Å². The van der Waals surface area contributed by atoms with E-state index in [0.717, 1.165) is 20.0 Å². The maximum absolute atomic E-state index is 5.51. The summed E-state index contributed by atoms with van der Waals surface area (Å²) in [5, 5.41) is 0. The quantitative estimate of drug-likeness (QED) is 0.419. The zero-order valence-corrected chi connectivity index (χ0v) is 14.3. The molecule has 4 rings (SSSR count). The zero-order chi connectivity index (χ0) is 15.1. The lowest BCUT2D eigenvalue weighted by molar-refractivity contribution is 0.572. The highest BCUT2D eigenvalue weighted by Crippen LogP contribution is 2.35. The van der Waals surface area contributed by atoms with E-state index < -0.39 is 0 Å². The average molecular weight is 420 g/mol. The van der Waals surface area contributed by atoms with Crippen molar-refractivity contribution in [3.05, 3.63) is 57.9 Å². The molecule has 0 aliphatic heterocycles. The second kappa shape index (κ2) is 5.37. The van der Waals surface area contributed by atoms with Gasteiger partial charge < -0.3 is 8.83 Å². The number of hydrogen-bond acceptors (Lipinski definition) is 4. The smallest absolute Gasteiger partial charge is 0.154 e. The zero-order valence-electron chi connectivity index (χ0n) is 11.1. The first-order valence-electron chi connectivity index (χ1n) is 6.47. The molecule has 3 heterocycles. The van der Waals surface area contributed by atoms with E-state index in [2.05, 4.69) is 31.9 Å². The summed E-state index contributed by atoms with van der Waals surface area (Å²) in [5.41, 5.74) is 2.81. The lowest BCUT2D eigenvalue weighted by Crippen LogP contribution is -1.95. The molecule has 108 valence electrons. The van der Waals surface area contributed by atoms with Gasteiger partial charge in [-0.05, 0) is 68.3 Å². The minimum Gasteiger partial charge on any atom is -0.463 e. The minimum atomic E-state index is 0.645. The number of furan rings is 2. The summed E-state index contributed by atoms with van der Waals surface area (Å²) in [5.74, 6) is 1.29. The van der Waals surface area contributed by atoms with Gasteiger partial charge in [0, 0.05) is 8.95 Å². The maximum atomic E-state index is 5.51. The molecule has 0 amide bonds. The van der Waals surface area contributed by atoms with Gasteiger partial charge in [-0.25, -0.2) is 9.97 Å². The van der Waals surface area contributed by atoms with Gasteiger partial charge >= 0.3 is 0 Å². The summed E-state index contributed by atoms with van der Waals surface area (Å²) >= 11 is 7.05. The normalized spacial score (nSPS) is 11.2. The summed E-state index contributed by atoms with van der Waals surface area (Å²) in [6.45, 7) is 0. The van der Waals surface area contributed by atoms with Crippen LogP contribution in [0, 0.1) is 0 Å². The molecule has 0 aliphatic carbocycles. The Bertz CT molecular complexity index is 869. The molecule has 3 aromatic heterocycles. The van der Waals surface area contributed by atoms with Gasteiger partial charge in [-0.15, -0.1) is 0 Å². The largest absolute Gasteiger partial charge is 0.463 e. The van der Waals surface area contributed by atoms with Gasteiger partial charge in [0.25, 0.3) is 0 Å². The highest BCUT2D eigenvalue weighted by molar-refractivity contribution is 9.11. The number of nitrogens with zero attached hydrogens (tertiary/aromatic N) is 2. The Morgan fingerprint density at radius 3 is 1.50 bits per heavy atom. The van der Waals surface area contributed by atoms with Gasteiger partial charge in [0.15, 0.2) is 11.5 Å². The van der Waals surface area contributed by atoms with E-state index in [4.69, 9.17) is 18.8 Å². The van der Waals surface area contributed by atoms with Crippen LogP contribution < -0.4 is 0 Å². The van der Waals surface area contributed by atoms with E-state index in [-0.39, 0.29) is 0 Å². The predicted octanol–water partition coefficient (Wildman–Crippen LogP) is 5.67. The molecule has 0 N–H and O–H groups in total. The predicted molar refractivity (Wildman–Crippen MR) is 90.3 cm³/mol. The van der Waals surface area contributed by atoms with Crippen LogP contribution in [0.1, 0.15) is 0 Å². The summed E-state index contributed by atoms with van der Waals surface area (Å²) in [4.78, 5) is 9.48. The average Bonchev–Trinajstić information content (AvgIpc) is 3.22. The molecule has 0 unspecified atom stereocenters. The third-order valence-corrected chi connectivity index (χ3v) is 4.51. The van der Waals surface area contributed by atoms with Crippen LogP contribution in [-0.4, -0.2) is 9.97 Å². The fraction of sp³-hybridized carbons (Fsp3) is 0. The van der Waals surface area contributed by atoms with E-state index >= 15 is 0 Å². The van der Waals surface area contributed by atoms with Crippen LogP contribution in [-0.2, 0) is 0 Å². The molecule has 4 nitrogen and oxygen atoms in total. The Hall–Kier alpha value is -1.92. The first kappa shape index (κ1) is 13.7. The van der Waals surface area contributed by atoms with Crippen LogP contribution >= 0.6 is 31.9 Å². The van der Waals surface area contributed by atoms with Crippen LogP contribution in [0.2, 0.25) is 0 Å². The molecule has 0 fully saturated rings. The lowest BCUT2D eigenvalue weighted by atomic mass is 10.2. The summed E-state index contributed by atoms with van der Waals surface area (Å²) in [6.07, 6.45) is 3.23. The van der Waals surface area contributed by atoms with Gasteiger partial charge in [-0.3, -0.25) is 0 Å². The standard InChI is InChI=1S/C16H8Br2N2O2/c17-9-5-6-10(18)14-13(9)19-15(11-3-1-7-21-11)16(20-14)12-4-2-8-22-12/h1-8H. The van der Waals surface area contributed by atoms with Crippen LogP contribution in [0.15, 0.2) is 66.7 Å². The first-order valence-corrected chi connectivity index (χ1v) is 8.06. The van der Waals surface area contributed by atoms with Gasteiger partial charge in [0.05, 0.1) is 12.5 Å². The van der Waals surface area contributed by atoms with Crippen molar-refractivity contribution < 1.29 is 8.83 Å². The SMILES string of the molecule is Brc1ccc(Br)c2nc(-c3ccco3)c(-c3ccco3)nc12. The van der Waals surface area contributed by atoms with Crippen LogP contribution in [0.3, 0.4) is 0 Å². The molecule has 4 aromatic rings. The molecular weight excluding hydrogens is 412 g/mol. The van der Waals surface area contributed by atoms with E-state index in [1.807, 2.05) is 36.4 Å². The van der Waals surface area contributed by atoms with Crippen molar-refractivity contribution in [1.82, 2.24) is 9.97 Å². The van der Waals surface area contributed by atoms with Gasteiger partial charge in [0.2, 0.25) is 0 Å². The minimum absolute atomic E-state index is 0.645. The summed E-state index contributed by atoms with van der Waals surface area (Å²) in [6, 6.07) is 11.2. The number of fused-ring (bicyclic) bond motifs is 1. The Labute approximate surface area is 142 Å². The summed E-state index contributed by atoms with van der Waals surface area (Å²) < 4.78 is 12.8. The van der Waals surface area contributed by atoms with Crippen molar-refractivity contribution in [3.8, 4) is 22.9 Å². The molecule has 0 radical (unpaired) electrons. The molecule has 0 saturated carbocycles. The van der Waals surface area contributed by atoms with Gasteiger partial charge in [-0.1, -0.05) is 0 Å². The highest BCUT2D eigenvalue weighted by Gasteiger charge is 2.19. The Morgan fingerprint density at radius 1 is 0.682 bits per heavy atom. The fourth-order valence-corrected chi connectivity index (χ4v) is 3.06. The van der Waals surface area contributed by atoms with Crippen molar-refractivity contribution >= 4 is 42.9 Å². The Morgan fingerprint density at radius 2 is 1.14 bits per heavy atom. The number of halogens is 2. The number of hydrogen-bond donors (Lipinski definition) is 0. The van der Waals surface area contributed by atoms with Gasteiger partial charge in [0.1, 0.15) is 22.4 Å². The van der Waals surface area contributed by atoms with Gasteiger partial charge in [-0.2, -0.15) is 0 Å². The van der Waals surface area contributed by atoms with Crippen molar-refractivity contribution in [2.75, 3.05) is 0 Å². The molecule has 0 saturated heterocycles. The Kier molecular flexibility index (Phi) is 3.35. The van der Waals surface area contributed by atoms with Crippen molar-refractivity contribution in [2.24, 2.45) is 0 Å². The Balaban J connectivity index is 2.11. The third-order valence-electron chi connectivity index (χ3n) is 3.23. The molecule has 0 aliphatic rings. The second-order valence-electron chi connectivity index (χ2n) is 4.60. The molecule has 0 spiro atoms. The summed E-state index contributed by atoms with van der Waals surface area (Å²) in [7, 11) is 0. The van der Waals surface area contributed by atoms with E-state index in [1.54, 1.807) is 12.5 Å². The highest BCUT2D eigenvalue weighted by atomic mass is 79.9. The van der Waals surface area contributed by atoms with E-state index in [0.29, 0.717) is 22.9 Å². The monoisotopic (exact) mass is 418 g/mol. The van der Waals surface area contributed by atoms with Crippen molar-refractivity contribution in [2.45, 2.75) is 0 Å². The van der Waals surface area contributed by atoms with E-state index in [1.165, 1.54) is 0 Å². The third kappa shape index (κ3) is 2.19. The number of benzene rings is 1. The number of aromatic nitrogens is 2. The molecule has 0 atom stereocenters. The topological polar surface area (TPSA) is 52.1 Å². The lowest BCUT2D eigenvalue weighted by Gasteiger charge is -2.08. The first-order chi connectivity index (χ1) is 10.7. The van der Waals surface area contributed by atoms with Crippen LogP contribution in [0.25, 0.3) is 33.9 Å². The molecule has 22 heavy (non-hydrogen) atoms. The molecule has 1 aromatic carbocycles. The molecule has 6 heteroatoms. The molecular formula is C16H8Br2N2O2. The number of rotatable bonds is 2. The second-order valence-corrected chi connectivity index (χ2v) is 6.31. The fourth-order valence-electron chi connectivity index (χ4n) is 2.24. The van der Waals surface area contributed by atoms with Crippen LogP contribution in [0.4, 0.5) is 0 Å². The van der Waals surface area contributed by atoms with E-state index in [9.17, 15) is 0 Å². The van der Waals surface area contributed by atoms with Crippen molar-refractivity contribution in [1.29, 1.82) is 0 Å². The van der Waals surface area contributed by atoms with Crippen molar-refractivity contribution in [3.63, 3.8) is 0 Å². The maximum Gasteiger partial charge on any atom is 0.154 e.